The molecule has 1 aliphatic rings. The van der Waals surface area contributed by atoms with E-state index in [4.69, 9.17) is 4.74 Å². The van der Waals surface area contributed by atoms with Crippen LogP contribution in [0.2, 0.25) is 0 Å². The molecule has 2 rings (SSSR count). The van der Waals surface area contributed by atoms with Crippen LogP contribution in [0.3, 0.4) is 0 Å². The number of benzene rings is 1. The highest BCUT2D eigenvalue weighted by Crippen LogP contribution is 2.30. The molecule has 0 bridgehead atoms. The first-order chi connectivity index (χ1) is 9.88. The lowest BCUT2D eigenvalue weighted by atomic mass is 10.1. The topological polar surface area (TPSA) is 29.5 Å². The van der Waals surface area contributed by atoms with E-state index in [1.165, 1.54) is 4.90 Å². The highest BCUT2D eigenvalue weighted by molar-refractivity contribution is 5.67. The van der Waals surface area contributed by atoms with Crippen LogP contribution < -0.4 is 0 Å². The fourth-order valence-corrected chi connectivity index (χ4v) is 2.15. The molecule has 0 aromatic heterocycles. The monoisotopic (exact) mass is 305 g/mol. The Morgan fingerprint density at radius 2 is 1.86 bits per heavy atom. The molecular formula is C14H15F4NO2. The van der Waals surface area contributed by atoms with Gasteiger partial charge in [0, 0.05) is 18.7 Å². The lowest BCUT2D eigenvalue weighted by Crippen LogP contribution is -2.35. The van der Waals surface area contributed by atoms with Gasteiger partial charge in [-0.2, -0.15) is 13.2 Å². The number of amides is 1. The molecule has 0 saturated carbocycles. The summed E-state index contributed by atoms with van der Waals surface area (Å²) in [6.07, 6.45) is -2.32. The summed E-state index contributed by atoms with van der Waals surface area (Å²) in [7, 11) is 0. The summed E-state index contributed by atoms with van der Waals surface area (Å²) < 4.78 is 55.7. The summed E-state index contributed by atoms with van der Waals surface area (Å²) in [6, 6.07) is 2.17. The standard InChI is InChI=1S/C14H15F4NO2/c15-12-8-11(14(16,17)18)5-4-10(12)9-21-13(20)19-6-2-1-3-7-19/h4-5,8H,1-3,6-7,9H2. The Bertz CT molecular complexity index is 510. The molecule has 1 aliphatic heterocycles. The SMILES string of the molecule is O=C(OCc1ccc(C(F)(F)F)cc1F)N1CCCCC1. The van der Waals surface area contributed by atoms with Gasteiger partial charge >= 0.3 is 12.3 Å². The van der Waals surface area contributed by atoms with E-state index in [1.54, 1.807) is 0 Å². The predicted octanol–water partition coefficient (Wildman–Crippen LogP) is 3.97. The smallest absolute Gasteiger partial charge is 0.416 e. The predicted molar refractivity (Wildman–Crippen MR) is 67.0 cm³/mol. The number of carbonyl (C=O) groups is 1. The van der Waals surface area contributed by atoms with Crippen molar-refractivity contribution in [2.75, 3.05) is 13.1 Å². The zero-order valence-electron chi connectivity index (χ0n) is 11.3. The van der Waals surface area contributed by atoms with Gasteiger partial charge in [-0.1, -0.05) is 6.07 Å². The van der Waals surface area contributed by atoms with Crippen LogP contribution in [0, 0.1) is 5.82 Å². The van der Waals surface area contributed by atoms with Crippen LogP contribution in [-0.4, -0.2) is 24.1 Å². The van der Waals surface area contributed by atoms with Crippen LogP contribution in [0.1, 0.15) is 30.4 Å². The van der Waals surface area contributed by atoms with E-state index in [0.717, 1.165) is 31.4 Å². The average Bonchev–Trinajstić information content (AvgIpc) is 2.45. The maximum Gasteiger partial charge on any atom is 0.416 e. The fourth-order valence-electron chi connectivity index (χ4n) is 2.15. The lowest BCUT2D eigenvalue weighted by molar-refractivity contribution is -0.137. The van der Waals surface area contributed by atoms with Gasteiger partial charge in [0.25, 0.3) is 0 Å². The van der Waals surface area contributed by atoms with Crippen molar-refractivity contribution < 1.29 is 27.1 Å². The maximum atomic E-state index is 13.6. The van der Waals surface area contributed by atoms with Crippen LogP contribution in [0.15, 0.2) is 18.2 Å². The van der Waals surface area contributed by atoms with Gasteiger partial charge in [0.1, 0.15) is 12.4 Å². The maximum absolute atomic E-state index is 13.6. The number of likely N-dealkylation sites (tertiary alicyclic amines) is 1. The summed E-state index contributed by atoms with van der Waals surface area (Å²) in [5.41, 5.74) is -1.14. The Balaban J connectivity index is 1.95. The summed E-state index contributed by atoms with van der Waals surface area (Å²) in [5, 5.41) is 0. The number of rotatable bonds is 2. The van der Waals surface area contributed by atoms with E-state index >= 15 is 0 Å². The van der Waals surface area contributed by atoms with Gasteiger partial charge in [-0.15, -0.1) is 0 Å². The fraction of sp³-hybridized carbons (Fsp3) is 0.500. The third kappa shape index (κ3) is 4.09. The van der Waals surface area contributed by atoms with E-state index in [9.17, 15) is 22.4 Å². The Morgan fingerprint density at radius 3 is 2.43 bits per heavy atom. The number of ether oxygens (including phenoxy) is 1. The number of hydrogen-bond acceptors (Lipinski definition) is 2. The molecule has 0 spiro atoms. The average molecular weight is 305 g/mol. The third-order valence-electron chi connectivity index (χ3n) is 3.35. The van der Waals surface area contributed by atoms with Crippen molar-refractivity contribution in [1.29, 1.82) is 0 Å². The second-order valence-corrected chi connectivity index (χ2v) is 4.91. The highest BCUT2D eigenvalue weighted by atomic mass is 19.4. The highest BCUT2D eigenvalue weighted by Gasteiger charge is 2.31. The molecule has 116 valence electrons. The van der Waals surface area contributed by atoms with Crippen molar-refractivity contribution in [2.45, 2.75) is 32.0 Å². The number of hydrogen-bond donors (Lipinski definition) is 0. The first kappa shape index (κ1) is 15.6. The van der Waals surface area contributed by atoms with Crippen LogP contribution in [-0.2, 0) is 17.5 Å². The normalized spacial score (nSPS) is 15.9. The Kier molecular flexibility index (Phi) is 4.69. The van der Waals surface area contributed by atoms with Gasteiger partial charge in [0.2, 0.25) is 0 Å². The summed E-state index contributed by atoms with van der Waals surface area (Å²) in [4.78, 5) is 13.2. The van der Waals surface area contributed by atoms with Crippen LogP contribution in [0.25, 0.3) is 0 Å². The Labute approximate surface area is 119 Å². The number of alkyl halides is 3. The Hall–Kier alpha value is -1.79. The van der Waals surface area contributed by atoms with E-state index < -0.39 is 23.7 Å². The van der Waals surface area contributed by atoms with E-state index in [1.807, 2.05) is 0 Å². The second-order valence-electron chi connectivity index (χ2n) is 4.91. The summed E-state index contributed by atoms with van der Waals surface area (Å²) in [6.45, 7) is 0.807. The molecule has 1 amide bonds. The van der Waals surface area contributed by atoms with E-state index in [-0.39, 0.29) is 12.2 Å². The molecule has 1 aromatic carbocycles. The van der Waals surface area contributed by atoms with Gasteiger partial charge in [-0.25, -0.2) is 9.18 Å². The quantitative estimate of drug-likeness (QED) is 0.774. The third-order valence-corrected chi connectivity index (χ3v) is 3.35. The molecule has 21 heavy (non-hydrogen) atoms. The van der Waals surface area contributed by atoms with Crippen molar-refractivity contribution in [3.8, 4) is 0 Å². The van der Waals surface area contributed by atoms with E-state index in [0.29, 0.717) is 19.2 Å². The number of halogens is 4. The summed E-state index contributed by atoms with van der Waals surface area (Å²) >= 11 is 0. The first-order valence-corrected chi connectivity index (χ1v) is 6.65. The minimum Gasteiger partial charge on any atom is -0.444 e. The molecule has 1 aromatic rings. The molecule has 1 heterocycles. The van der Waals surface area contributed by atoms with Gasteiger partial charge < -0.3 is 9.64 Å². The molecular weight excluding hydrogens is 290 g/mol. The molecule has 0 aliphatic carbocycles. The van der Waals surface area contributed by atoms with Crippen LogP contribution in [0.5, 0.6) is 0 Å². The van der Waals surface area contributed by atoms with Gasteiger partial charge in [-0.05, 0) is 31.4 Å². The van der Waals surface area contributed by atoms with Crippen molar-refractivity contribution in [1.82, 2.24) is 4.90 Å². The zero-order valence-corrected chi connectivity index (χ0v) is 11.3. The van der Waals surface area contributed by atoms with Gasteiger partial charge in [0.15, 0.2) is 0 Å². The zero-order chi connectivity index (χ0) is 15.5. The van der Waals surface area contributed by atoms with Crippen LogP contribution >= 0.6 is 0 Å². The largest absolute Gasteiger partial charge is 0.444 e. The molecule has 0 atom stereocenters. The molecule has 0 unspecified atom stereocenters. The lowest BCUT2D eigenvalue weighted by Gasteiger charge is -2.25. The number of piperidine rings is 1. The van der Waals surface area contributed by atoms with Crippen LogP contribution in [0.4, 0.5) is 22.4 Å². The van der Waals surface area contributed by atoms with Crippen molar-refractivity contribution in [2.24, 2.45) is 0 Å². The van der Waals surface area contributed by atoms with Gasteiger partial charge in [-0.3, -0.25) is 0 Å². The van der Waals surface area contributed by atoms with E-state index in [2.05, 4.69) is 0 Å². The molecule has 7 heteroatoms. The number of carbonyl (C=O) groups excluding carboxylic acids is 1. The second kappa shape index (κ2) is 6.32. The van der Waals surface area contributed by atoms with Gasteiger partial charge in [0.05, 0.1) is 5.56 Å². The van der Waals surface area contributed by atoms with Crippen molar-refractivity contribution >= 4 is 6.09 Å². The molecule has 3 nitrogen and oxygen atoms in total. The molecule has 0 N–H and O–H groups in total. The molecule has 0 radical (unpaired) electrons. The summed E-state index contributed by atoms with van der Waals surface area (Å²) in [5.74, 6) is -1.03. The minimum atomic E-state index is -4.59. The van der Waals surface area contributed by atoms with Crippen molar-refractivity contribution in [3.63, 3.8) is 0 Å². The van der Waals surface area contributed by atoms with Crippen molar-refractivity contribution in [3.05, 3.63) is 35.1 Å². The number of nitrogens with zero attached hydrogens (tertiary/aromatic N) is 1. The molecule has 1 fully saturated rings. The Morgan fingerprint density at radius 1 is 1.19 bits per heavy atom. The first-order valence-electron chi connectivity index (χ1n) is 6.65. The molecule has 1 saturated heterocycles. The minimum absolute atomic E-state index is 0.0756.